The maximum absolute atomic E-state index is 6.59. The SMILES string of the molecule is c1ccc2c(c1)Oc1cc(-c3ccc4c(c3)c3ccccc3n4-c3ccc4ccccc4c3)ccc1N2c1ccc2ccccc2c1. The van der Waals surface area contributed by atoms with Gasteiger partial charge in [0.05, 0.1) is 22.4 Å². The lowest BCUT2D eigenvalue weighted by molar-refractivity contribution is 0.477. The van der Waals surface area contributed by atoms with Gasteiger partial charge in [-0.05, 0) is 99.4 Å². The van der Waals surface area contributed by atoms with E-state index in [4.69, 9.17) is 4.74 Å². The van der Waals surface area contributed by atoms with Gasteiger partial charge in [0.2, 0.25) is 0 Å². The van der Waals surface area contributed by atoms with Gasteiger partial charge >= 0.3 is 0 Å². The first-order valence-electron chi connectivity index (χ1n) is 16.0. The van der Waals surface area contributed by atoms with Crippen LogP contribution >= 0.6 is 0 Å². The fraction of sp³-hybridized carbons (Fsp3) is 0. The predicted molar refractivity (Wildman–Crippen MR) is 196 cm³/mol. The van der Waals surface area contributed by atoms with E-state index >= 15 is 0 Å². The fourth-order valence-electron chi connectivity index (χ4n) is 7.28. The highest BCUT2D eigenvalue weighted by molar-refractivity contribution is 6.10. The number of fused-ring (bicyclic) bond motifs is 7. The van der Waals surface area contributed by atoms with E-state index < -0.39 is 0 Å². The average molecular weight is 601 g/mol. The summed E-state index contributed by atoms with van der Waals surface area (Å²) in [5.74, 6) is 1.69. The summed E-state index contributed by atoms with van der Waals surface area (Å²) in [4.78, 5) is 2.31. The van der Waals surface area contributed by atoms with E-state index in [1.165, 1.54) is 43.4 Å². The molecule has 0 radical (unpaired) electrons. The zero-order valence-corrected chi connectivity index (χ0v) is 25.5. The smallest absolute Gasteiger partial charge is 0.152 e. The number of para-hydroxylation sites is 3. The van der Waals surface area contributed by atoms with Crippen molar-refractivity contribution in [3.8, 4) is 28.3 Å². The molecule has 0 N–H and O–H groups in total. The van der Waals surface area contributed by atoms with Crippen LogP contribution in [-0.2, 0) is 0 Å². The number of ether oxygens (including phenoxy) is 1. The molecular formula is C44H28N2O. The zero-order valence-electron chi connectivity index (χ0n) is 25.5. The predicted octanol–water partition coefficient (Wildman–Crippen LogP) is 12.3. The first-order chi connectivity index (χ1) is 23.3. The molecule has 0 saturated carbocycles. The van der Waals surface area contributed by atoms with Crippen molar-refractivity contribution >= 4 is 60.4 Å². The monoisotopic (exact) mass is 600 g/mol. The van der Waals surface area contributed by atoms with E-state index in [0.717, 1.165) is 45.4 Å². The summed E-state index contributed by atoms with van der Waals surface area (Å²) in [5, 5.41) is 7.39. The summed E-state index contributed by atoms with van der Waals surface area (Å²) in [7, 11) is 0. The highest BCUT2D eigenvalue weighted by Gasteiger charge is 2.26. The van der Waals surface area contributed by atoms with Crippen LogP contribution in [0.2, 0.25) is 0 Å². The van der Waals surface area contributed by atoms with Crippen molar-refractivity contribution in [3.05, 3.63) is 170 Å². The van der Waals surface area contributed by atoms with Gasteiger partial charge in [-0.2, -0.15) is 0 Å². The summed E-state index contributed by atoms with van der Waals surface area (Å²) in [6.07, 6.45) is 0. The highest BCUT2D eigenvalue weighted by atomic mass is 16.5. The van der Waals surface area contributed by atoms with Gasteiger partial charge in [0.1, 0.15) is 0 Å². The molecule has 3 heteroatoms. The molecule has 0 fully saturated rings. The first kappa shape index (κ1) is 26.0. The quantitative estimate of drug-likeness (QED) is 0.201. The van der Waals surface area contributed by atoms with Crippen LogP contribution in [0.15, 0.2) is 170 Å². The van der Waals surface area contributed by atoms with Crippen molar-refractivity contribution in [1.29, 1.82) is 0 Å². The average Bonchev–Trinajstić information content (AvgIpc) is 3.47. The number of anilines is 3. The molecule has 1 aromatic heterocycles. The lowest BCUT2D eigenvalue weighted by atomic mass is 10.0. The standard InChI is InChI=1S/C44H28N2O/c1-3-11-31-25-35(21-17-29(31)9-1)45-39-14-6-5-13-37(39)38-27-33(19-23-40(38)45)34-20-24-42-44(28-34)47-43-16-8-7-15-41(43)46(42)36-22-18-30-10-2-4-12-32(30)26-36/h1-28H. The molecule has 0 aliphatic carbocycles. The van der Waals surface area contributed by atoms with Gasteiger partial charge in [-0.1, -0.05) is 103 Å². The van der Waals surface area contributed by atoms with Crippen LogP contribution in [0.3, 0.4) is 0 Å². The number of hydrogen-bond donors (Lipinski definition) is 0. The molecule has 0 bridgehead atoms. The third kappa shape index (κ3) is 4.07. The van der Waals surface area contributed by atoms with Crippen molar-refractivity contribution in [2.45, 2.75) is 0 Å². The van der Waals surface area contributed by atoms with E-state index in [2.05, 4.69) is 167 Å². The lowest BCUT2D eigenvalue weighted by Crippen LogP contribution is -2.15. The Bertz CT molecular complexity index is 2680. The largest absolute Gasteiger partial charge is 0.453 e. The van der Waals surface area contributed by atoms with E-state index in [9.17, 15) is 0 Å². The van der Waals surface area contributed by atoms with Gasteiger partial charge in [0, 0.05) is 22.1 Å². The number of nitrogens with zero attached hydrogens (tertiary/aromatic N) is 2. The summed E-state index contributed by atoms with van der Waals surface area (Å²) < 4.78 is 8.97. The second-order valence-electron chi connectivity index (χ2n) is 12.2. The molecule has 2 heterocycles. The molecule has 10 rings (SSSR count). The van der Waals surface area contributed by atoms with E-state index in [1.54, 1.807) is 0 Å². The Balaban J connectivity index is 1.11. The Labute approximate surface area is 272 Å². The summed E-state index contributed by atoms with van der Waals surface area (Å²) >= 11 is 0. The van der Waals surface area contributed by atoms with Gasteiger partial charge in [-0.3, -0.25) is 0 Å². The van der Waals surface area contributed by atoms with E-state index in [0.29, 0.717) is 0 Å². The Morgan fingerprint density at radius 3 is 1.79 bits per heavy atom. The molecule has 0 amide bonds. The van der Waals surface area contributed by atoms with Crippen LogP contribution in [0.5, 0.6) is 11.5 Å². The number of rotatable bonds is 3. The van der Waals surface area contributed by atoms with Gasteiger partial charge in [0.15, 0.2) is 11.5 Å². The summed E-state index contributed by atoms with van der Waals surface area (Å²) in [6, 6.07) is 60.8. The minimum Gasteiger partial charge on any atom is -0.453 e. The summed E-state index contributed by atoms with van der Waals surface area (Å²) in [6.45, 7) is 0. The van der Waals surface area contributed by atoms with Crippen LogP contribution < -0.4 is 9.64 Å². The molecule has 1 aliphatic heterocycles. The molecule has 1 aliphatic rings. The molecule has 0 unspecified atom stereocenters. The van der Waals surface area contributed by atoms with Crippen LogP contribution in [0.4, 0.5) is 17.1 Å². The Morgan fingerprint density at radius 1 is 0.362 bits per heavy atom. The van der Waals surface area contributed by atoms with Crippen molar-refractivity contribution < 1.29 is 4.74 Å². The maximum atomic E-state index is 6.59. The second kappa shape index (κ2) is 10.1. The maximum Gasteiger partial charge on any atom is 0.152 e. The minimum absolute atomic E-state index is 0.841. The van der Waals surface area contributed by atoms with Gasteiger partial charge < -0.3 is 14.2 Å². The minimum atomic E-state index is 0.841. The third-order valence-electron chi connectivity index (χ3n) is 9.52. The third-order valence-corrected chi connectivity index (χ3v) is 9.52. The molecule has 47 heavy (non-hydrogen) atoms. The zero-order chi connectivity index (χ0) is 30.9. The lowest BCUT2D eigenvalue weighted by Gasteiger charge is -2.33. The van der Waals surface area contributed by atoms with Crippen molar-refractivity contribution in [2.24, 2.45) is 0 Å². The van der Waals surface area contributed by atoms with Crippen molar-refractivity contribution in [2.75, 3.05) is 4.90 Å². The topological polar surface area (TPSA) is 17.4 Å². The van der Waals surface area contributed by atoms with Crippen LogP contribution in [0.1, 0.15) is 0 Å². The summed E-state index contributed by atoms with van der Waals surface area (Å²) in [5.41, 5.74) is 8.99. The molecule has 8 aromatic carbocycles. The molecule has 3 nitrogen and oxygen atoms in total. The number of aromatic nitrogens is 1. The van der Waals surface area contributed by atoms with E-state index in [1.807, 2.05) is 12.1 Å². The van der Waals surface area contributed by atoms with Crippen LogP contribution in [-0.4, -0.2) is 4.57 Å². The van der Waals surface area contributed by atoms with Gasteiger partial charge in [-0.25, -0.2) is 0 Å². The molecule has 0 saturated heterocycles. The molecule has 9 aromatic rings. The molecule has 0 atom stereocenters. The van der Waals surface area contributed by atoms with E-state index in [-0.39, 0.29) is 0 Å². The fourth-order valence-corrected chi connectivity index (χ4v) is 7.28. The van der Waals surface area contributed by atoms with Crippen LogP contribution in [0, 0.1) is 0 Å². The Kier molecular flexibility index (Phi) is 5.57. The van der Waals surface area contributed by atoms with Gasteiger partial charge in [-0.15, -0.1) is 0 Å². The normalized spacial score (nSPS) is 12.4. The first-order valence-corrected chi connectivity index (χ1v) is 16.0. The Morgan fingerprint density at radius 2 is 0.957 bits per heavy atom. The van der Waals surface area contributed by atoms with Crippen molar-refractivity contribution in [3.63, 3.8) is 0 Å². The number of hydrogen-bond acceptors (Lipinski definition) is 2. The molecule has 0 spiro atoms. The van der Waals surface area contributed by atoms with Gasteiger partial charge in [0.25, 0.3) is 0 Å². The highest BCUT2D eigenvalue weighted by Crippen LogP contribution is 2.51. The number of benzene rings is 8. The van der Waals surface area contributed by atoms with Crippen LogP contribution in [0.25, 0.3) is 60.2 Å². The molecular weight excluding hydrogens is 572 g/mol. The Hall–Kier alpha value is -6.32. The second-order valence-corrected chi connectivity index (χ2v) is 12.2. The van der Waals surface area contributed by atoms with Crippen molar-refractivity contribution in [1.82, 2.24) is 4.57 Å². The molecule has 220 valence electrons.